The predicted octanol–water partition coefficient (Wildman–Crippen LogP) is 1.40. The number of fused-ring (bicyclic) bond motifs is 1. The van der Waals surface area contributed by atoms with E-state index < -0.39 is 5.91 Å². The molecule has 2 aromatic rings. The van der Waals surface area contributed by atoms with Crippen LogP contribution in [-0.4, -0.2) is 39.7 Å². The minimum atomic E-state index is -0.469. The molecule has 144 valence electrons. The Balaban J connectivity index is 1.62. The van der Waals surface area contributed by atoms with Crippen molar-refractivity contribution in [3.05, 3.63) is 41.3 Å². The lowest BCUT2D eigenvalue weighted by molar-refractivity contribution is 0.0936. The van der Waals surface area contributed by atoms with Crippen LogP contribution in [0.4, 0.5) is 0 Å². The summed E-state index contributed by atoms with van der Waals surface area (Å²) < 4.78 is 7.47. The molecule has 3 N–H and O–H groups in total. The van der Waals surface area contributed by atoms with E-state index in [1.54, 1.807) is 18.3 Å². The first-order chi connectivity index (χ1) is 13.0. The largest absolute Gasteiger partial charge is 0.477 e. The topological polar surface area (TPSA) is 112 Å². The zero-order valence-electron chi connectivity index (χ0n) is 15.6. The molecular weight excluding hydrogens is 346 g/mol. The van der Waals surface area contributed by atoms with Gasteiger partial charge >= 0.3 is 0 Å². The summed E-state index contributed by atoms with van der Waals surface area (Å²) in [7, 11) is 0. The van der Waals surface area contributed by atoms with Crippen molar-refractivity contribution in [1.29, 1.82) is 0 Å². The fraction of sp³-hybridized carbons (Fsp3) is 0.474. The summed E-state index contributed by atoms with van der Waals surface area (Å²) in [5.41, 5.74) is 7.14. The van der Waals surface area contributed by atoms with E-state index >= 15 is 0 Å². The number of nitrogens with zero attached hydrogens (tertiary/aromatic N) is 3. The van der Waals surface area contributed by atoms with Gasteiger partial charge in [-0.25, -0.2) is 4.98 Å². The highest BCUT2D eigenvalue weighted by Crippen LogP contribution is 2.23. The van der Waals surface area contributed by atoms with E-state index in [9.17, 15) is 9.59 Å². The molecule has 0 aromatic carbocycles. The fourth-order valence-electron chi connectivity index (χ4n) is 3.14. The lowest BCUT2D eigenvalue weighted by Gasteiger charge is -2.24. The molecule has 27 heavy (non-hydrogen) atoms. The van der Waals surface area contributed by atoms with Crippen LogP contribution in [0, 0.1) is 11.8 Å². The standard InChI is InChI=1S/C19H25N5O3/c1-12(2)11-27-19-14(4-3-6-21-19)18(26)22-9-13-5-7-24-16(8-13)15(10-23-24)17(20)25/h3-4,6,10,12-13H,5,7-9,11H2,1-2H3,(H2,20,25)(H,22,26)/t13-/m1/s1. The molecule has 0 spiro atoms. The van der Waals surface area contributed by atoms with Gasteiger partial charge in [0.15, 0.2) is 0 Å². The van der Waals surface area contributed by atoms with Crippen molar-refractivity contribution in [3.8, 4) is 5.88 Å². The van der Waals surface area contributed by atoms with E-state index in [1.807, 2.05) is 18.5 Å². The van der Waals surface area contributed by atoms with Crippen LogP contribution in [0.25, 0.3) is 0 Å². The second-order valence-corrected chi connectivity index (χ2v) is 7.22. The first kappa shape index (κ1) is 18.9. The Morgan fingerprint density at radius 1 is 1.41 bits per heavy atom. The molecule has 1 aliphatic rings. The van der Waals surface area contributed by atoms with Crippen LogP contribution < -0.4 is 15.8 Å². The number of rotatable bonds is 7. The molecule has 2 amide bonds. The molecule has 8 heteroatoms. The molecule has 0 bridgehead atoms. The Kier molecular flexibility index (Phi) is 5.73. The Labute approximate surface area is 158 Å². The van der Waals surface area contributed by atoms with Gasteiger partial charge in [-0.05, 0) is 36.8 Å². The number of nitrogens with one attached hydrogen (secondary N) is 1. The van der Waals surface area contributed by atoms with Crippen molar-refractivity contribution < 1.29 is 14.3 Å². The van der Waals surface area contributed by atoms with Crippen LogP contribution in [0.3, 0.4) is 0 Å². The van der Waals surface area contributed by atoms with E-state index in [-0.39, 0.29) is 11.8 Å². The van der Waals surface area contributed by atoms with E-state index in [4.69, 9.17) is 10.5 Å². The van der Waals surface area contributed by atoms with Gasteiger partial charge in [-0.3, -0.25) is 14.3 Å². The first-order valence-corrected chi connectivity index (χ1v) is 9.16. The quantitative estimate of drug-likeness (QED) is 0.764. The summed E-state index contributed by atoms with van der Waals surface area (Å²) >= 11 is 0. The molecule has 3 heterocycles. The molecule has 1 atom stereocenters. The van der Waals surface area contributed by atoms with Crippen molar-refractivity contribution in [2.24, 2.45) is 17.6 Å². The summed E-state index contributed by atoms with van der Waals surface area (Å²) in [5.74, 6) is 0.225. The monoisotopic (exact) mass is 371 g/mol. The number of primary amides is 1. The van der Waals surface area contributed by atoms with Crippen LogP contribution in [0.15, 0.2) is 24.5 Å². The van der Waals surface area contributed by atoms with Gasteiger partial charge in [-0.1, -0.05) is 13.8 Å². The van der Waals surface area contributed by atoms with E-state index in [0.717, 1.165) is 12.1 Å². The highest BCUT2D eigenvalue weighted by molar-refractivity contribution is 5.96. The molecule has 3 rings (SSSR count). The Bertz CT molecular complexity index is 831. The number of aromatic nitrogens is 3. The highest BCUT2D eigenvalue weighted by atomic mass is 16.5. The van der Waals surface area contributed by atoms with Crippen molar-refractivity contribution >= 4 is 11.8 Å². The molecule has 0 saturated heterocycles. The zero-order valence-corrected chi connectivity index (χ0v) is 15.6. The number of hydrogen-bond donors (Lipinski definition) is 2. The molecule has 8 nitrogen and oxygen atoms in total. The summed E-state index contributed by atoms with van der Waals surface area (Å²) in [6, 6.07) is 3.43. The first-order valence-electron chi connectivity index (χ1n) is 9.16. The number of carbonyl (C=O) groups is 2. The maximum Gasteiger partial charge on any atom is 0.256 e. The fourth-order valence-corrected chi connectivity index (χ4v) is 3.14. The van der Waals surface area contributed by atoms with Gasteiger partial charge in [-0.2, -0.15) is 5.10 Å². The second-order valence-electron chi connectivity index (χ2n) is 7.22. The number of carbonyl (C=O) groups excluding carboxylic acids is 2. The summed E-state index contributed by atoms with van der Waals surface area (Å²) in [4.78, 5) is 28.3. The van der Waals surface area contributed by atoms with Crippen molar-refractivity contribution in [2.75, 3.05) is 13.2 Å². The third-order valence-electron chi connectivity index (χ3n) is 4.57. The highest BCUT2D eigenvalue weighted by Gasteiger charge is 2.25. The molecule has 0 radical (unpaired) electrons. The molecular formula is C19H25N5O3. The molecule has 0 unspecified atom stereocenters. The van der Waals surface area contributed by atoms with E-state index in [2.05, 4.69) is 15.4 Å². The van der Waals surface area contributed by atoms with Gasteiger partial charge in [0.05, 0.1) is 24.1 Å². The summed E-state index contributed by atoms with van der Waals surface area (Å²) in [5, 5.41) is 7.17. The lowest BCUT2D eigenvalue weighted by Crippen LogP contribution is -2.34. The Morgan fingerprint density at radius 2 is 2.22 bits per heavy atom. The average Bonchev–Trinajstić information content (AvgIpc) is 3.08. The molecule has 0 aliphatic carbocycles. The predicted molar refractivity (Wildman–Crippen MR) is 99.5 cm³/mol. The van der Waals surface area contributed by atoms with Crippen molar-refractivity contribution in [1.82, 2.24) is 20.1 Å². The Morgan fingerprint density at radius 3 is 2.96 bits per heavy atom. The smallest absolute Gasteiger partial charge is 0.256 e. The number of amides is 2. The third-order valence-corrected chi connectivity index (χ3v) is 4.57. The number of aryl methyl sites for hydroxylation is 1. The minimum Gasteiger partial charge on any atom is -0.477 e. The lowest BCUT2D eigenvalue weighted by atomic mass is 9.94. The normalized spacial score (nSPS) is 16.0. The van der Waals surface area contributed by atoms with Gasteiger partial charge in [0.1, 0.15) is 5.56 Å². The van der Waals surface area contributed by atoms with Gasteiger partial charge in [0, 0.05) is 19.3 Å². The number of ether oxygens (including phenoxy) is 1. The maximum absolute atomic E-state index is 12.6. The minimum absolute atomic E-state index is 0.212. The SMILES string of the molecule is CC(C)COc1ncccc1C(=O)NC[C@@H]1CCn2ncc(C(N)=O)c2C1. The molecule has 2 aromatic heterocycles. The van der Waals surface area contributed by atoms with Crippen LogP contribution in [-0.2, 0) is 13.0 Å². The van der Waals surface area contributed by atoms with Crippen molar-refractivity contribution in [2.45, 2.75) is 33.2 Å². The van der Waals surface area contributed by atoms with Gasteiger partial charge in [0.25, 0.3) is 11.8 Å². The Hall–Kier alpha value is -2.90. The van der Waals surface area contributed by atoms with Crippen LogP contribution >= 0.6 is 0 Å². The molecule has 0 fully saturated rings. The van der Waals surface area contributed by atoms with E-state index in [1.165, 1.54) is 6.20 Å². The molecule has 0 saturated carbocycles. The second kappa shape index (κ2) is 8.20. The number of nitrogens with two attached hydrogens (primary N) is 1. The maximum atomic E-state index is 12.6. The molecule has 1 aliphatic heterocycles. The van der Waals surface area contributed by atoms with Crippen LogP contribution in [0.5, 0.6) is 5.88 Å². The number of hydrogen-bond acceptors (Lipinski definition) is 5. The van der Waals surface area contributed by atoms with E-state index in [0.29, 0.717) is 49.0 Å². The third kappa shape index (κ3) is 4.45. The van der Waals surface area contributed by atoms with Crippen molar-refractivity contribution in [3.63, 3.8) is 0 Å². The summed E-state index contributed by atoms with van der Waals surface area (Å²) in [6.45, 7) is 5.78. The average molecular weight is 371 g/mol. The van der Waals surface area contributed by atoms with Crippen LogP contribution in [0.2, 0.25) is 0 Å². The van der Waals surface area contributed by atoms with Gasteiger partial charge < -0.3 is 15.8 Å². The zero-order chi connectivity index (χ0) is 19.4. The van der Waals surface area contributed by atoms with Gasteiger partial charge in [-0.15, -0.1) is 0 Å². The number of pyridine rings is 1. The summed E-state index contributed by atoms with van der Waals surface area (Å²) in [6.07, 6.45) is 4.66. The van der Waals surface area contributed by atoms with Gasteiger partial charge in [0.2, 0.25) is 5.88 Å². The van der Waals surface area contributed by atoms with Crippen LogP contribution in [0.1, 0.15) is 46.7 Å².